The molecule has 0 N–H and O–H groups in total. The molecule has 6 nitrogen and oxygen atoms in total. The van der Waals surface area contributed by atoms with E-state index in [1.807, 2.05) is 19.0 Å². The molecule has 0 bridgehead atoms. The highest BCUT2D eigenvalue weighted by atomic mass is 32.2. The summed E-state index contributed by atoms with van der Waals surface area (Å²) in [6, 6.07) is 1.79. The van der Waals surface area contributed by atoms with Gasteiger partial charge in [-0.25, -0.2) is 13.4 Å². The Morgan fingerprint density at radius 2 is 2.18 bits per heavy atom. The second-order valence-corrected chi connectivity index (χ2v) is 6.46. The summed E-state index contributed by atoms with van der Waals surface area (Å²) in [5.41, 5.74) is 0. The standard InChI is InChI=1S/C10H16N4O2S/c1-13(2)9-4-5-11-10(12-9)14-6-3-7-17(15,16)8-14/h4-5H,3,6-8H2,1-2H3. The highest BCUT2D eigenvalue weighted by Crippen LogP contribution is 2.17. The summed E-state index contributed by atoms with van der Waals surface area (Å²) < 4.78 is 23.1. The normalized spacial score (nSPS) is 19.1. The zero-order chi connectivity index (χ0) is 12.5. The maximum Gasteiger partial charge on any atom is 0.228 e. The molecule has 94 valence electrons. The van der Waals surface area contributed by atoms with E-state index in [4.69, 9.17) is 0 Å². The van der Waals surface area contributed by atoms with Crippen molar-refractivity contribution in [3.63, 3.8) is 0 Å². The topological polar surface area (TPSA) is 66.4 Å². The van der Waals surface area contributed by atoms with Gasteiger partial charge in [0.1, 0.15) is 11.7 Å². The number of aromatic nitrogens is 2. The van der Waals surface area contributed by atoms with Crippen LogP contribution in [0.3, 0.4) is 0 Å². The van der Waals surface area contributed by atoms with Gasteiger partial charge in [-0.2, -0.15) is 4.98 Å². The SMILES string of the molecule is CN(C)c1ccnc(N2CCCS(=O)(=O)C2)n1. The number of nitrogens with zero attached hydrogens (tertiary/aromatic N) is 4. The van der Waals surface area contributed by atoms with E-state index in [0.29, 0.717) is 18.9 Å². The van der Waals surface area contributed by atoms with Crippen molar-refractivity contribution in [2.45, 2.75) is 6.42 Å². The van der Waals surface area contributed by atoms with E-state index >= 15 is 0 Å². The van der Waals surface area contributed by atoms with Crippen LogP contribution in [0.4, 0.5) is 11.8 Å². The Morgan fingerprint density at radius 3 is 2.82 bits per heavy atom. The molecule has 0 saturated carbocycles. The summed E-state index contributed by atoms with van der Waals surface area (Å²) in [5.74, 6) is 1.54. The molecule has 1 aliphatic rings. The Bertz CT molecular complexity index is 501. The average Bonchev–Trinajstić information content (AvgIpc) is 2.28. The van der Waals surface area contributed by atoms with Gasteiger partial charge in [0.25, 0.3) is 0 Å². The van der Waals surface area contributed by atoms with Gasteiger partial charge < -0.3 is 9.80 Å². The molecule has 0 spiro atoms. The van der Waals surface area contributed by atoms with Gasteiger partial charge in [0.2, 0.25) is 5.95 Å². The lowest BCUT2D eigenvalue weighted by Gasteiger charge is -2.27. The van der Waals surface area contributed by atoms with Crippen LogP contribution in [0.25, 0.3) is 0 Å². The van der Waals surface area contributed by atoms with Crippen LogP contribution in [0.15, 0.2) is 12.3 Å². The molecule has 0 amide bonds. The molecule has 7 heteroatoms. The number of sulfone groups is 1. The lowest BCUT2D eigenvalue weighted by atomic mass is 10.4. The molecule has 0 radical (unpaired) electrons. The third-order valence-electron chi connectivity index (χ3n) is 2.61. The summed E-state index contributed by atoms with van der Waals surface area (Å²) in [4.78, 5) is 12.1. The predicted octanol–water partition coefficient (Wildman–Crippen LogP) is 0.125. The lowest BCUT2D eigenvalue weighted by molar-refractivity contribution is 0.580. The first-order chi connectivity index (χ1) is 7.98. The molecule has 1 aromatic heterocycles. The highest BCUT2D eigenvalue weighted by molar-refractivity contribution is 7.91. The van der Waals surface area contributed by atoms with Crippen molar-refractivity contribution < 1.29 is 8.42 Å². The van der Waals surface area contributed by atoms with Gasteiger partial charge in [-0.05, 0) is 12.5 Å². The van der Waals surface area contributed by atoms with Crippen LogP contribution < -0.4 is 9.80 Å². The van der Waals surface area contributed by atoms with Crippen LogP contribution in [-0.4, -0.2) is 50.7 Å². The summed E-state index contributed by atoms with van der Waals surface area (Å²) in [5, 5.41) is 0. The van der Waals surface area contributed by atoms with Gasteiger partial charge in [0.15, 0.2) is 9.84 Å². The molecule has 0 aliphatic carbocycles. The number of rotatable bonds is 2. The minimum atomic E-state index is -2.98. The van der Waals surface area contributed by atoms with Crippen LogP contribution >= 0.6 is 0 Å². The Labute approximate surface area is 101 Å². The van der Waals surface area contributed by atoms with E-state index in [1.165, 1.54) is 0 Å². The van der Waals surface area contributed by atoms with Gasteiger partial charge in [-0.3, -0.25) is 0 Å². The van der Waals surface area contributed by atoms with E-state index in [1.54, 1.807) is 17.2 Å². The molecular formula is C10H16N4O2S. The van der Waals surface area contributed by atoms with Gasteiger partial charge in [-0.15, -0.1) is 0 Å². The van der Waals surface area contributed by atoms with Crippen LogP contribution in [-0.2, 0) is 9.84 Å². The second kappa shape index (κ2) is 4.48. The predicted molar refractivity (Wildman–Crippen MR) is 67.0 cm³/mol. The van der Waals surface area contributed by atoms with Crippen molar-refractivity contribution in [2.24, 2.45) is 0 Å². The summed E-state index contributed by atoms with van der Waals surface area (Å²) >= 11 is 0. The van der Waals surface area contributed by atoms with Gasteiger partial charge in [0, 0.05) is 26.8 Å². The lowest BCUT2D eigenvalue weighted by Crippen LogP contribution is -2.39. The first-order valence-electron chi connectivity index (χ1n) is 5.44. The van der Waals surface area contributed by atoms with Gasteiger partial charge in [0.05, 0.1) is 5.75 Å². The monoisotopic (exact) mass is 256 g/mol. The molecule has 1 aromatic rings. The number of hydrogen-bond acceptors (Lipinski definition) is 6. The highest BCUT2D eigenvalue weighted by Gasteiger charge is 2.24. The third kappa shape index (κ3) is 2.85. The zero-order valence-electron chi connectivity index (χ0n) is 10.00. The molecule has 17 heavy (non-hydrogen) atoms. The van der Waals surface area contributed by atoms with Gasteiger partial charge >= 0.3 is 0 Å². The molecule has 1 aliphatic heterocycles. The van der Waals surface area contributed by atoms with Crippen molar-refractivity contribution in [2.75, 3.05) is 42.1 Å². The van der Waals surface area contributed by atoms with Crippen LogP contribution in [0.1, 0.15) is 6.42 Å². The fourth-order valence-corrected chi connectivity index (χ4v) is 3.16. The molecule has 2 rings (SSSR count). The molecule has 0 atom stereocenters. The van der Waals surface area contributed by atoms with E-state index in [-0.39, 0.29) is 11.6 Å². The largest absolute Gasteiger partial charge is 0.363 e. The average molecular weight is 256 g/mol. The third-order valence-corrected chi connectivity index (χ3v) is 4.22. The number of hydrogen-bond donors (Lipinski definition) is 0. The Kier molecular flexibility index (Phi) is 3.19. The fraction of sp³-hybridized carbons (Fsp3) is 0.600. The first kappa shape index (κ1) is 12.1. The molecule has 1 saturated heterocycles. The smallest absolute Gasteiger partial charge is 0.228 e. The summed E-state index contributed by atoms with van der Waals surface area (Å²) in [6.45, 7) is 0.691. The molecule has 0 unspecified atom stereocenters. The molecule has 2 heterocycles. The maximum absolute atomic E-state index is 11.5. The Hall–Kier alpha value is -1.37. The zero-order valence-corrected chi connectivity index (χ0v) is 10.8. The van der Waals surface area contributed by atoms with E-state index in [2.05, 4.69) is 9.97 Å². The van der Waals surface area contributed by atoms with Crippen molar-refractivity contribution in [1.82, 2.24) is 9.97 Å². The number of anilines is 2. The van der Waals surface area contributed by atoms with Crippen molar-refractivity contribution in [1.29, 1.82) is 0 Å². The van der Waals surface area contributed by atoms with Crippen LogP contribution in [0, 0.1) is 0 Å². The second-order valence-electron chi connectivity index (χ2n) is 4.30. The Balaban J connectivity index is 2.25. The summed E-state index contributed by atoms with van der Waals surface area (Å²) in [6.07, 6.45) is 2.29. The Morgan fingerprint density at radius 1 is 1.41 bits per heavy atom. The van der Waals surface area contributed by atoms with Crippen molar-refractivity contribution in [3.05, 3.63) is 12.3 Å². The van der Waals surface area contributed by atoms with Crippen LogP contribution in [0.2, 0.25) is 0 Å². The fourth-order valence-electron chi connectivity index (χ4n) is 1.74. The molecule has 0 aromatic carbocycles. The quantitative estimate of drug-likeness (QED) is 0.749. The van der Waals surface area contributed by atoms with E-state index in [9.17, 15) is 8.42 Å². The van der Waals surface area contributed by atoms with Crippen molar-refractivity contribution >= 4 is 21.6 Å². The summed E-state index contributed by atoms with van der Waals surface area (Å²) in [7, 11) is 0.795. The first-order valence-corrected chi connectivity index (χ1v) is 7.26. The van der Waals surface area contributed by atoms with Crippen LogP contribution in [0.5, 0.6) is 0 Å². The minimum absolute atomic E-state index is 0.0177. The van der Waals surface area contributed by atoms with E-state index in [0.717, 1.165) is 5.82 Å². The molecule has 1 fully saturated rings. The molecular weight excluding hydrogens is 240 g/mol. The van der Waals surface area contributed by atoms with Gasteiger partial charge in [-0.1, -0.05) is 0 Å². The van der Waals surface area contributed by atoms with Crippen molar-refractivity contribution in [3.8, 4) is 0 Å². The maximum atomic E-state index is 11.5. The minimum Gasteiger partial charge on any atom is -0.363 e. The van der Waals surface area contributed by atoms with E-state index < -0.39 is 9.84 Å².